The van der Waals surface area contributed by atoms with E-state index < -0.39 is 0 Å². The molecule has 0 atom stereocenters. The number of hydrogen-bond acceptors (Lipinski definition) is 4. The topological polar surface area (TPSA) is 37.8 Å². The summed E-state index contributed by atoms with van der Waals surface area (Å²) in [5, 5.41) is 4.21. The van der Waals surface area contributed by atoms with Crippen LogP contribution in [0.15, 0.2) is 46.2 Å². The lowest BCUT2D eigenvalue weighted by Crippen LogP contribution is -2.05. The van der Waals surface area contributed by atoms with E-state index in [1.165, 1.54) is 0 Å². The molecule has 1 aromatic heterocycles. The van der Waals surface area contributed by atoms with Crippen molar-refractivity contribution in [2.24, 2.45) is 0 Å². The summed E-state index contributed by atoms with van der Waals surface area (Å²) in [6.45, 7) is 2.86. The lowest BCUT2D eigenvalue weighted by Gasteiger charge is -2.07. The molecule has 0 saturated heterocycles. The van der Waals surface area contributed by atoms with E-state index in [0.29, 0.717) is 0 Å². The van der Waals surface area contributed by atoms with Crippen LogP contribution < -0.4 is 5.32 Å². The van der Waals surface area contributed by atoms with Crippen LogP contribution in [0.2, 0.25) is 0 Å². The van der Waals surface area contributed by atoms with E-state index in [0.717, 1.165) is 33.3 Å². The highest BCUT2D eigenvalue weighted by molar-refractivity contribution is 9.10. The molecule has 0 spiro atoms. The number of nitrogens with one attached hydrogen (secondary N) is 1. The highest BCUT2D eigenvalue weighted by Gasteiger charge is 1.99. The molecule has 2 rings (SSSR count). The van der Waals surface area contributed by atoms with Crippen molar-refractivity contribution in [3.8, 4) is 0 Å². The number of para-hydroxylation sites is 1. The number of benzene rings is 1. The molecule has 18 heavy (non-hydrogen) atoms. The highest BCUT2D eigenvalue weighted by Crippen LogP contribution is 2.21. The van der Waals surface area contributed by atoms with Crippen molar-refractivity contribution in [2.75, 3.05) is 17.6 Å². The molecule has 94 valence electrons. The van der Waals surface area contributed by atoms with Crippen molar-refractivity contribution in [3.63, 3.8) is 0 Å². The zero-order valence-electron chi connectivity index (χ0n) is 10.1. The third-order valence-corrected chi connectivity index (χ3v) is 3.85. The fourth-order valence-corrected chi connectivity index (χ4v) is 2.58. The third-order valence-electron chi connectivity index (χ3n) is 2.30. The lowest BCUT2D eigenvalue weighted by atomic mass is 10.3. The van der Waals surface area contributed by atoms with Crippen molar-refractivity contribution < 1.29 is 0 Å². The Morgan fingerprint density at radius 3 is 2.89 bits per heavy atom. The van der Waals surface area contributed by atoms with E-state index >= 15 is 0 Å². The number of rotatable bonds is 5. The monoisotopic (exact) mass is 323 g/mol. The van der Waals surface area contributed by atoms with Gasteiger partial charge in [0.15, 0.2) is 5.16 Å². The Hall–Kier alpha value is -1.07. The van der Waals surface area contributed by atoms with Gasteiger partial charge in [-0.05, 0) is 41.1 Å². The average molecular weight is 324 g/mol. The van der Waals surface area contributed by atoms with Gasteiger partial charge < -0.3 is 5.32 Å². The second kappa shape index (κ2) is 6.75. The van der Waals surface area contributed by atoms with E-state index in [9.17, 15) is 0 Å². The summed E-state index contributed by atoms with van der Waals surface area (Å²) < 4.78 is 1.09. The van der Waals surface area contributed by atoms with Crippen molar-refractivity contribution in [2.45, 2.75) is 12.1 Å². The van der Waals surface area contributed by atoms with Crippen molar-refractivity contribution in [3.05, 3.63) is 46.7 Å². The molecule has 1 heterocycles. The first-order valence-electron chi connectivity index (χ1n) is 5.66. The number of hydrogen-bond donors (Lipinski definition) is 1. The van der Waals surface area contributed by atoms with Crippen molar-refractivity contribution >= 4 is 33.4 Å². The van der Waals surface area contributed by atoms with E-state index in [4.69, 9.17) is 0 Å². The average Bonchev–Trinajstić information content (AvgIpc) is 2.37. The number of halogens is 1. The highest BCUT2D eigenvalue weighted by atomic mass is 79.9. The first-order valence-corrected chi connectivity index (χ1v) is 7.44. The summed E-state index contributed by atoms with van der Waals surface area (Å²) in [7, 11) is 0. The fraction of sp³-hybridized carbons (Fsp3) is 0.231. The quantitative estimate of drug-likeness (QED) is 0.516. The van der Waals surface area contributed by atoms with Gasteiger partial charge in [-0.2, -0.15) is 0 Å². The van der Waals surface area contributed by atoms with Crippen LogP contribution in [0.4, 0.5) is 5.69 Å². The smallest absolute Gasteiger partial charge is 0.187 e. The van der Waals surface area contributed by atoms with Gasteiger partial charge in [0.1, 0.15) is 0 Å². The van der Waals surface area contributed by atoms with Crippen LogP contribution in [-0.2, 0) is 0 Å². The molecule has 0 unspecified atom stereocenters. The minimum absolute atomic E-state index is 0.837. The normalized spacial score (nSPS) is 10.3. The summed E-state index contributed by atoms with van der Waals surface area (Å²) in [6.07, 6.45) is 1.80. The Morgan fingerprint density at radius 2 is 2.11 bits per heavy atom. The molecular formula is C13H14BrN3S. The minimum Gasteiger partial charge on any atom is -0.383 e. The largest absolute Gasteiger partial charge is 0.383 e. The molecule has 0 bridgehead atoms. The summed E-state index contributed by atoms with van der Waals surface area (Å²) >= 11 is 5.17. The standard InChI is InChI=1S/C13H14BrN3S/c1-10-6-7-16-13(17-10)18-9-8-15-12-5-3-2-4-11(12)14/h2-7,15H,8-9H2,1H3. The lowest BCUT2D eigenvalue weighted by molar-refractivity contribution is 0.931. The summed E-state index contributed by atoms with van der Waals surface area (Å²) in [5.74, 6) is 0.935. The van der Waals surface area contributed by atoms with Gasteiger partial charge >= 0.3 is 0 Å². The molecular weight excluding hydrogens is 310 g/mol. The molecule has 5 heteroatoms. The maximum absolute atomic E-state index is 4.35. The van der Waals surface area contributed by atoms with Crippen molar-refractivity contribution in [1.29, 1.82) is 0 Å². The van der Waals surface area contributed by atoms with Crippen LogP contribution in [0.5, 0.6) is 0 Å². The summed E-state index contributed by atoms with van der Waals surface area (Å²) in [4.78, 5) is 8.57. The predicted molar refractivity (Wildman–Crippen MR) is 80.1 cm³/mol. The second-order valence-corrected chi connectivity index (χ2v) is 5.65. The molecule has 0 amide bonds. The Morgan fingerprint density at radius 1 is 1.28 bits per heavy atom. The van der Waals surface area contributed by atoms with Gasteiger partial charge in [-0.1, -0.05) is 23.9 Å². The van der Waals surface area contributed by atoms with Crippen LogP contribution in [0, 0.1) is 6.92 Å². The Balaban J connectivity index is 1.78. The summed E-state index contributed by atoms with van der Waals surface area (Å²) in [5.41, 5.74) is 2.12. The van der Waals surface area contributed by atoms with Gasteiger partial charge in [-0.25, -0.2) is 9.97 Å². The van der Waals surface area contributed by atoms with Crippen LogP contribution in [0.1, 0.15) is 5.69 Å². The number of aryl methyl sites for hydroxylation is 1. The van der Waals surface area contributed by atoms with Gasteiger partial charge in [-0.15, -0.1) is 0 Å². The molecule has 3 nitrogen and oxygen atoms in total. The number of aromatic nitrogens is 2. The third kappa shape index (κ3) is 3.99. The maximum atomic E-state index is 4.35. The van der Waals surface area contributed by atoms with Crippen LogP contribution in [0.3, 0.4) is 0 Å². The molecule has 0 saturated carbocycles. The van der Waals surface area contributed by atoms with Crippen molar-refractivity contribution in [1.82, 2.24) is 9.97 Å². The molecule has 2 aromatic rings. The number of thioether (sulfide) groups is 1. The van der Waals surface area contributed by atoms with Crippen LogP contribution in [-0.4, -0.2) is 22.3 Å². The maximum Gasteiger partial charge on any atom is 0.187 e. The SMILES string of the molecule is Cc1ccnc(SCCNc2ccccc2Br)n1. The van der Waals surface area contributed by atoms with Gasteiger partial charge in [-0.3, -0.25) is 0 Å². The molecule has 1 aromatic carbocycles. The zero-order chi connectivity index (χ0) is 12.8. The zero-order valence-corrected chi connectivity index (χ0v) is 12.5. The van der Waals surface area contributed by atoms with Crippen LogP contribution in [0.25, 0.3) is 0 Å². The molecule has 0 aliphatic carbocycles. The summed E-state index contributed by atoms with van der Waals surface area (Å²) in [6, 6.07) is 10.0. The van der Waals surface area contributed by atoms with Gasteiger partial charge in [0.2, 0.25) is 0 Å². The van der Waals surface area contributed by atoms with Gasteiger partial charge in [0.25, 0.3) is 0 Å². The predicted octanol–water partition coefficient (Wildman–Crippen LogP) is 3.75. The first kappa shape index (κ1) is 13.4. The fourth-order valence-electron chi connectivity index (χ4n) is 1.43. The second-order valence-electron chi connectivity index (χ2n) is 3.74. The molecule has 0 aliphatic rings. The molecule has 0 fully saturated rings. The van der Waals surface area contributed by atoms with E-state index in [1.54, 1.807) is 18.0 Å². The number of anilines is 1. The van der Waals surface area contributed by atoms with Gasteiger partial charge in [0, 0.05) is 34.3 Å². The Bertz CT molecular complexity index is 519. The Labute approximate surface area is 120 Å². The van der Waals surface area contributed by atoms with Gasteiger partial charge in [0.05, 0.1) is 0 Å². The van der Waals surface area contributed by atoms with E-state index in [2.05, 4.69) is 37.3 Å². The molecule has 1 N–H and O–H groups in total. The first-order chi connectivity index (χ1) is 8.75. The van der Waals surface area contributed by atoms with Crippen LogP contribution >= 0.6 is 27.7 Å². The molecule has 0 aliphatic heterocycles. The molecule has 0 radical (unpaired) electrons. The minimum atomic E-state index is 0.837. The van der Waals surface area contributed by atoms with E-state index in [1.807, 2.05) is 31.2 Å². The Kier molecular flexibility index (Phi) is 5.01. The number of nitrogens with zero attached hydrogens (tertiary/aromatic N) is 2. The van der Waals surface area contributed by atoms with E-state index in [-0.39, 0.29) is 0 Å².